The molecule has 4 rings (SSSR count). The summed E-state index contributed by atoms with van der Waals surface area (Å²) in [6.07, 6.45) is 5.80. The molecule has 2 fully saturated rings. The number of methoxy groups -OCH3 is 1. The van der Waals surface area contributed by atoms with Crippen molar-refractivity contribution < 1.29 is 14.3 Å². The number of nitrogens with one attached hydrogen (secondary N) is 2. The Hall–Kier alpha value is -3.09. The van der Waals surface area contributed by atoms with Gasteiger partial charge in [0.1, 0.15) is 11.6 Å². The van der Waals surface area contributed by atoms with Crippen LogP contribution in [0.2, 0.25) is 0 Å². The van der Waals surface area contributed by atoms with E-state index in [1.165, 1.54) is 6.42 Å². The summed E-state index contributed by atoms with van der Waals surface area (Å²) in [5.74, 6) is 2.03. The number of hydrogen-bond acceptors (Lipinski definition) is 5. The average molecular weight is 451 g/mol. The molecule has 1 aromatic carbocycles. The Morgan fingerprint density at radius 3 is 2.58 bits per heavy atom. The number of amides is 2. The molecule has 1 saturated carbocycles. The smallest absolute Gasteiger partial charge is 0.253 e. The second kappa shape index (κ2) is 9.81. The highest BCUT2D eigenvalue weighted by atomic mass is 16.5. The van der Waals surface area contributed by atoms with Gasteiger partial charge in [0, 0.05) is 42.0 Å². The number of carbonyl (C=O) groups is 2. The molecule has 0 bridgehead atoms. The van der Waals surface area contributed by atoms with Crippen molar-refractivity contribution in [2.24, 2.45) is 5.92 Å². The van der Waals surface area contributed by atoms with Crippen LogP contribution < -0.4 is 20.3 Å². The van der Waals surface area contributed by atoms with Crippen molar-refractivity contribution in [1.82, 2.24) is 15.6 Å². The number of hydrogen-bond donors (Lipinski definition) is 2. The summed E-state index contributed by atoms with van der Waals surface area (Å²) in [7, 11) is 1.62. The van der Waals surface area contributed by atoms with Gasteiger partial charge in [0.2, 0.25) is 0 Å². The summed E-state index contributed by atoms with van der Waals surface area (Å²) < 4.78 is 5.37. The van der Waals surface area contributed by atoms with E-state index in [4.69, 9.17) is 4.74 Å². The van der Waals surface area contributed by atoms with E-state index in [1.807, 2.05) is 51.1 Å². The molecule has 176 valence electrons. The summed E-state index contributed by atoms with van der Waals surface area (Å²) in [5.41, 5.74) is 2.10. The number of rotatable bonds is 6. The molecule has 2 amide bonds. The van der Waals surface area contributed by atoms with Crippen LogP contribution in [0, 0.1) is 12.8 Å². The van der Waals surface area contributed by atoms with Gasteiger partial charge in [0.05, 0.1) is 12.7 Å². The van der Waals surface area contributed by atoms with Gasteiger partial charge in [-0.1, -0.05) is 6.07 Å². The maximum atomic E-state index is 13.0. The van der Waals surface area contributed by atoms with E-state index >= 15 is 0 Å². The molecule has 2 aliphatic rings. The lowest BCUT2D eigenvalue weighted by molar-refractivity contribution is 0.0921. The Morgan fingerprint density at radius 1 is 1.12 bits per heavy atom. The van der Waals surface area contributed by atoms with Gasteiger partial charge in [0.25, 0.3) is 11.8 Å². The second-order valence-electron chi connectivity index (χ2n) is 9.46. The molecule has 0 spiro atoms. The predicted molar refractivity (Wildman–Crippen MR) is 129 cm³/mol. The standard InChI is InChI=1S/C26H34N4O3/c1-16(2)28-25(31)19-9-11-24(27-15-19)30-13-12-20(14-18-8-10-22(18)30)29-26(32)21-6-5-7-23(33-4)17(21)3/h5-7,9,11,15-16,18,20,22H,8,10,12-14H2,1-4H3,(H,28,31)(H,29,32). The predicted octanol–water partition coefficient (Wildman–Crippen LogP) is 3.71. The first-order valence-electron chi connectivity index (χ1n) is 11.9. The molecule has 3 unspecified atom stereocenters. The number of fused-ring (bicyclic) bond motifs is 1. The minimum Gasteiger partial charge on any atom is -0.496 e. The van der Waals surface area contributed by atoms with Crippen molar-refractivity contribution in [3.63, 3.8) is 0 Å². The second-order valence-corrected chi connectivity index (χ2v) is 9.46. The molecule has 3 atom stereocenters. The molecule has 1 aromatic heterocycles. The van der Waals surface area contributed by atoms with Gasteiger partial charge in [-0.3, -0.25) is 9.59 Å². The molecule has 0 radical (unpaired) electrons. The number of carbonyl (C=O) groups excluding carboxylic acids is 2. The lowest BCUT2D eigenvalue weighted by Crippen LogP contribution is -2.47. The fourth-order valence-corrected chi connectivity index (χ4v) is 4.98. The van der Waals surface area contributed by atoms with Crippen molar-refractivity contribution in [2.75, 3.05) is 18.6 Å². The zero-order valence-electron chi connectivity index (χ0n) is 19.9. The zero-order valence-corrected chi connectivity index (χ0v) is 19.9. The third-order valence-corrected chi connectivity index (χ3v) is 6.89. The maximum Gasteiger partial charge on any atom is 0.253 e. The van der Waals surface area contributed by atoms with Crippen LogP contribution in [0.15, 0.2) is 36.5 Å². The lowest BCUT2D eigenvalue weighted by atomic mass is 9.76. The van der Waals surface area contributed by atoms with E-state index in [0.717, 1.165) is 42.9 Å². The summed E-state index contributed by atoms with van der Waals surface area (Å²) in [4.78, 5) is 32.2. The Kier molecular flexibility index (Phi) is 6.86. The van der Waals surface area contributed by atoms with Gasteiger partial charge in [-0.05, 0) is 76.6 Å². The minimum atomic E-state index is -0.1000. The van der Waals surface area contributed by atoms with Crippen LogP contribution in [-0.2, 0) is 0 Å². The highest BCUT2D eigenvalue weighted by Gasteiger charge is 2.40. The topological polar surface area (TPSA) is 83.6 Å². The average Bonchev–Trinajstić information content (AvgIpc) is 2.89. The van der Waals surface area contributed by atoms with Crippen molar-refractivity contribution in [1.29, 1.82) is 0 Å². The molecule has 2 heterocycles. The number of nitrogens with zero attached hydrogens (tertiary/aromatic N) is 2. The van der Waals surface area contributed by atoms with E-state index < -0.39 is 0 Å². The largest absolute Gasteiger partial charge is 0.496 e. The molecule has 2 aromatic rings. The van der Waals surface area contributed by atoms with Crippen LogP contribution in [0.25, 0.3) is 0 Å². The zero-order chi connectivity index (χ0) is 23.5. The first kappa shape index (κ1) is 23.1. The van der Waals surface area contributed by atoms with Crippen molar-refractivity contribution >= 4 is 17.6 Å². The van der Waals surface area contributed by atoms with Crippen LogP contribution in [0.1, 0.15) is 65.8 Å². The lowest BCUT2D eigenvalue weighted by Gasteiger charge is -2.43. The summed E-state index contributed by atoms with van der Waals surface area (Å²) >= 11 is 0. The number of pyridine rings is 1. The monoisotopic (exact) mass is 450 g/mol. The van der Waals surface area contributed by atoms with Crippen molar-refractivity contribution in [2.45, 2.75) is 64.6 Å². The molecule has 7 heteroatoms. The van der Waals surface area contributed by atoms with Gasteiger partial charge in [-0.25, -0.2) is 4.98 Å². The van der Waals surface area contributed by atoms with Gasteiger partial charge in [-0.15, -0.1) is 0 Å². The van der Waals surface area contributed by atoms with Gasteiger partial charge in [0.15, 0.2) is 0 Å². The molecule has 1 saturated heterocycles. The summed E-state index contributed by atoms with van der Waals surface area (Å²) in [6.45, 7) is 6.63. The molecular weight excluding hydrogens is 416 g/mol. The fraction of sp³-hybridized carbons (Fsp3) is 0.500. The quantitative estimate of drug-likeness (QED) is 0.701. The molecular formula is C26H34N4O3. The van der Waals surface area contributed by atoms with Crippen LogP contribution >= 0.6 is 0 Å². The highest BCUT2D eigenvalue weighted by molar-refractivity contribution is 5.96. The maximum absolute atomic E-state index is 13.0. The SMILES string of the molecule is COc1cccc(C(=O)NC2CCN(c3ccc(C(=O)NC(C)C)cn3)C3CCC3C2)c1C. The first-order valence-corrected chi connectivity index (χ1v) is 11.9. The van der Waals surface area contributed by atoms with E-state index in [2.05, 4.69) is 20.5 Å². The van der Waals surface area contributed by atoms with Gasteiger partial charge < -0.3 is 20.3 Å². The summed E-state index contributed by atoms with van der Waals surface area (Å²) in [5, 5.41) is 6.17. The van der Waals surface area contributed by atoms with Crippen LogP contribution in [0.3, 0.4) is 0 Å². The van der Waals surface area contributed by atoms with Crippen LogP contribution in [0.5, 0.6) is 5.75 Å². The van der Waals surface area contributed by atoms with E-state index in [9.17, 15) is 9.59 Å². The minimum absolute atomic E-state index is 0.0423. The molecule has 2 N–H and O–H groups in total. The molecule has 1 aliphatic carbocycles. The third kappa shape index (κ3) is 4.97. The van der Waals surface area contributed by atoms with Crippen LogP contribution in [-0.4, -0.2) is 48.6 Å². The first-order chi connectivity index (χ1) is 15.9. The Labute approximate surface area is 195 Å². The van der Waals surface area contributed by atoms with E-state index in [1.54, 1.807) is 13.3 Å². The Bertz CT molecular complexity index is 1010. The molecule has 7 nitrogen and oxygen atoms in total. The number of benzene rings is 1. The summed E-state index contributed by atoms with van der Waals surface area (Å²) in [6, 6.07) is 10.0. The highest BCUT2D eigenvalue weighted by Crippen LogP contribution is 2.40. The third-order valence-electron chi connectivity index (χ3n) is 6.89. The van der Waals surface area contributed by atoms with Crippen molar-refractivity contribution in [3.8, 4) is 5.75 Å². The number of ether oxygens (including phenoxy) is 1. The molecule has 1 aliphatic heterocycles. The Balaban J connectivity index is 1.44. The van der Waals surface area contributed by atoms with E-state index in [-0.39, 0.29) is 23.9 Å². The Morgan fingerprint density at radius 2 is 1.94 bits per heavy atom. The molecule has 33 heavy (non-hydrogen) atoms. The van der Waals surface area contributed by atoms with Crippen LogP contribution in [0.4, 0.5) is 5.82 Å². The van der Waals surface area contributed by atoms with Crippen molar-refractivity contribution in [3.05, 3.63) is 53.2 Å². The van der Waals surface area contributed by atoms with Gasteiger partial charge in [-0.2, -0.15) is 0 Å². The number of aromatic nitrogens is 1. The fourth-order valence-electron chi connectivity index (χ4n) is 4.98. The normalized spacial score (nSPS) is 22.1. The van der Waals surface area contributed by atoms with E-state index in [0.29, 0.717) is 23.1 Å². The number of anilines is 1. The van der Waals surface area contributed by atoms with Gasteiger partial charge >= 0.3 is 0 Å².